The number of aryl methyl sites for hydroxylation is 1. The summed E-state index contributed by atoms with van der Waals surface area (Å²) in [7, 11) is -3.72. The molecule has 1 atom stereocenters. The van der Waals surface area contributed by atoms with Crippen LogP contribution in [0.25, 0.3) is 10.8 Å². The highest BCUT2D eigenvalue weighted by molar-refractivity contribution is 7.92. The standard InChI is InChI=1S/C20H18FNO2S/c1-14-6-7-17-12-18(21)9-11-20(17)22(14)25(23,24)19-10-8-15-4-2-3-5-16(15)13-19/h2-5,8-14H,6-7H2,1H3. The molecule has 1 aliphatic heterocycles. The summed E-state index contributed by atoms with van der Waals surface area (Å²) in [5, 5.41) is 1.88. The van der Waals surface area contributed by atoms with Gasteiger partial charge in [0.05, 0.1) is 10.6 Å². The van der Waals surface area contributed by atoms with Crippen molar-refractivity contribution in [1.29, 1.82) is 0 Å². The van der Waals surface area contributed by atoms with Crippen molar-refractivity contribution >= 4 is 26.5 Å². The normalized spacial score (nSPS) is 17.5. The average molecular weight is 355 g/mol. The maximum Gasteiger partial charge on any atom is 0.264 e. The Kier molecular flexibility index (Phi) is 3.76. The molecular formula is C20H18FNO2S. The van der Waals surface area contributed by atoms with Gasteiger partial charge in [-0.25, -0.2) is 12.8 Å². The summed E-state index contributed by atoms with van der Waals surface area (Å²) in [6.45, 7) is 1.89. The van der Waals surface area contributed by atoms with Crippen LogP contribution in [0.3, 0.4) is 0 Å². The first-order valence-electron chi connectivity index (χ1n) is 8.28. The van der Waals surface area contributed by atoms with Crippen molar-refractivity contribution in [2.45, 2.75) is 30.7 Å². The van der Waals surface area contributed by atoms with Crippen LogP contribution in [-0.4, -0.2) is 14.5 Å². The minimum atomic E-state index is -3.72. The molecule has 1 unspecified atom stereocenters. The number of fused-ring (bicyclic) bond motifs is 2. The van der Waals surface area contributed by atoms with Crippen molar-refractivity contribution in [3.8, 4) is 0 Å². The zero-order valence-electron chi connectivity index (χ0n) is 13.8. The predicted molar refractivity (Wildman–Crippen MR) is 97.8 cm³/mol. The Balaban J connectivity index is 1.86. The van der Waals surface area contributed by atoms with Crippen molar-refractivity contribution in [2.75, 3.05) is 4.31 Å². The molecule has 3 aromatic carbocycles. The highest BCUT2D eigenvalue weighted by Crippen LogP contribution is 2.36. The maximum atomic E-state index is 13.5. The molecule has 0 saturated carbocycles. The van der Waals surface area contributed by atoms with Gasteiger partial charge in [-0.1, -0.05) is 30.3 Å². The van der Waals surface area contributed by atoms with Crippen LogP contribution in [0, 0.1) is 5.82 Å². The van der Waals surface area contributed by atoms with Gasteiger partial charge < -0.3 is 0 Å². The molecule has 0 aliphatic carbocycles. The Labute approximate surface area is 146 Å². The van der Waals surface area contributed by atoms with Crippen molar-refractivity contribution in [2.24, 2.45) is 0 Å². The van der Waals surface area contributed by atoms with E-state index in [0.717, 1.165) is 16.3 Å². The van der Waals surface area contributed by atoms with Crippen LogP contribution in [0.5, 0.6) is 0 Å². The number of rotatable bonds is 2. The Hall–Kier alpha value is -2.40. The van der Waals surface area contributed by atoms with Crippen molar-refractivity contribution in [3.63, 3.8) is 0 Å². The molecular weight excluding hydrogens is 337 g/mol. The Bertz CT molecular complexity index is 1060. The van der Waals surface area contributed by atoms with Gasteiger partial charge in [0, 0.05) is 6.04 Å². The average Bonchev–Trinajstić information content (AvgIpc) is 2.61. The van der Waals surface area contributed by atoms with E-state index in [1.54, 1.807) is 18.2 Å². The van der Waals surface area contributed by atoms with Gasteiger partial charge in [0.25, 0.3) is 10.0 Å². The van der Waals surface area contributed by atoms with E-state index >= 15 is 0 Å². The first-order valence-corrected chi connectivity index (χ1v) is 9.72. The molecule has 1 heterocycles. The molecule has 4 rings (SSSR count). The van der Waals surface area contributed by atoms with Crippen molar-refractivity contribution in [3.05, 3.63) is 72.0 Å². The molecule has 0 fully saturated rings. The van der Waals surface area contributed by atoms with E-state index in [4.69, 9.17) is 0 Å². The van der Waals surface area contributed by atoms with Gasteiger partial charge in [-0.2, -0.15) is 0 Å². The number of nitrogens with zero attached hydrogens (tertiary/aromatic N) is 1. The lowest BCUT2D eigenvalue weighted by molar-refractivity contribution is 0.560. The lowest BCUT2D eigenvalue weighted by atomic mass is 9.99. The second-order valence-corrected chi connectivity index (χ2v) is 8.29. The number of sulfonamides is 1. The van der Waals surface area contributed by atoms with E-state index in [0.29, 0.717) is 18.5 Å². The first kappa shape index (κ1) is 16.1. The molecule has 0 aromatic heterocycles. The van der Waals surface area contributed by atoms with Gasteiger partial charge in [0.2, 0.25) is 0 Å². The fourth-order valence-corrected chi connectivity index (χ4v) is 5.26. The van der Waals surface area contributed by atoms with Crippen LogP contribution in [0.2, 0.25) is 0 Å². The molecule has 0 radical (unpaired) electrons. The van der Waals surface area contributed by atoms with E-state index in [-0.39, 0.29) is 16.8 Å². The highest BCUT2D eigenvalue weighted by atomic mass is 32.2. The number of halogens is 1. The van der Waals surface area contributed by atoms with Gasteiger partial charge in [-0.15, -0.1) is 0 Å². The zero-order valence-corrected chi connectivity index (χ0v) is 14.6. The fraction of sp³-hybridized carbons (Fsp3) is 0.200. The Morgan fingerprint density at radius 2 is 1.76 bits per heavy atom. The molecule has 3 nitrogen and oxygen atoms in total. The Morgan fingerprint density at radius 1 is 1.00 bits per heavy atom. The first-order chi connectivity index (χ1) is 12.0. The van der Waals surface area contributed by atoms with E-state index in [9.17, 15) is 12.8 Å². The van der Waals surface area contributed by atoms with E-state index in [1.165, 1.54) is 16.4 Å². The topological polar surface area (TPSA) is 37.4 Å². The van der Waals surface area contributed by atoms with Crippen LogP contribution < -0.4 is 4.31 Å². The monoisotopic (exact) mass is 355 g/mol. The van der Waals surface area contributed by atoms with Gasteiger partial charge in [-0.3, -0.25) is 4.31 Å². The molecule has 25 heavy (non-hydrogen) atoms. The van der Waals surface area contributed by atoms with Crippen molar-refractivity contribution < 1.29 is 12.8 Å². The maximum absolute atomic E-state index is 13.5. The lowest BCUT2D eigenvalue weighted by Crippen LogP contribution is -2.42. The van der Waals surface area contributed by atoms with Gasteiger partial charge in [-0.05, 0) is 66.4 Å². The summed E-state index contributed by atoms with van der Waals surface area (Å²) in [4.78, 5) is 0.259. The minimum absolute atomic E-state index is 0.172. The molecule has 0 amide bonds. The number of anilines is 1. The van der Waals surface area contributed by atoms with E-state index < -0.39 is 10.0 Å². The summed E-state index contributed by atoms with van der Waals surface area (Å²) in [5.74, 6) is -0.337. The molecule has 0 bridgehead atoms. The van der Waals surface area contributed by atoms with Gasteiger partial charge >= 0.3 is 0 Å². The number of hydrogen-bond donors (Lipinski definition) is 0. The number of benzene rings is 3. The van der Waals surface area contributed by atoms with Gasteiger partial charge in [0.15, 0.2) is 0 Å². The summed E-state index contributed by atoms with van der Waals surface area (Å²) < 4.78 is 41.6. The summed E-state index contributed by atoms with van der Waals surface area (Å²) in [5.41, 5.74) is 1.32. The third-order valence-electron chi connectivity index (χ3n) is 4.79. The Morgan fingerprint density at radius 3 is 2.56 bits per heavy atom. The molecule has 1 aliphatic rings. The SMILES string of the molecule is CC1CCc2cc(F)ccc2N1S(=O)(=O)c1ccc2ccccc2c1. The summed E-state index contributed by atoms with van der Waals surface area (Å²) >= 11 is 0. The van der Waals surface area contributed by atoms with Crippen LogP contribution in [-0.2, 0) is 16.4 Å². The summed E-state index contributed by atoms with van der Waals surface area (Å²) in [6, 6.07) is 17.0. The molecule has 0 saturated heterocycles. The van der Waals surface area contributed by atoms with Crippen LogP contribution in [0.15, 0.2) is 65.6 Å². The fourth-order valence-electron chi connectivity index (χ4n) is 3.50. The largest absolute Gasteiger partial charge is 0.264 e. The van der Waals surface area contributed by atoms with Crippen molar-refractivity contribution in [1.82, 2.24) is 0 Å². The van der Waals surface area contributed by atoms with Crippen LogP contribution >= 0.6 is 0 Å². The zero-order chi connectivity index (χ0) is 17.6. The van der Waals surface area contributed by atoms with Crippen LogP contribution in [0.1, 0.15) is 18.9 Å². The smallest absolute Gasteiger partial charge is 0.263 e. The number of hydrogen-bond acceptors (Lipinski definition) is 2. The third-order valence-corrected chi connectivity index (χ3v) is 6.71. The second kappa shape index (κ2) is 5.85. The minimum Gasteiger partial charge on any atom is -0.263 e. The molecule has 0 spiro atoms. The molecule has 5 heteroatoms. The summed E-state index contributed by atoms with van der Waals surface area (Å²) in [6.07, 6.45) is 1.35. The third kappa shape index (κ3) is 2.68. The predicted octanol–water partition coefficient (Wildman–Crippen LogP) is 4.51. The molecule has 3 aromatic rings. The molecule has 128 valence electrons. The van der Waals surface area contributed by atoms with E-state index in [2.05, 4.69) is 0 Å². The van der Waals surface area contributed by atoms with Crippen LogP contribution in [0.4, 0.5) is 10.1 Å². The lowest BCUT2D eigenvalue weighted by Gasteiger charge is -2.36. The quantitative estimate of drug-likeness (QED) is 0.678. The highest BCUT2D eigenvalue weighted by Gasteiger charge is 2.34. The van der Waals surface area contributed by atoms with E-state index in [1.807, 2.05) is 37.3 Å². The second-order valence-electron chi connectivity index (χ2n) is 6.47. The van der Waals surface area contributed by atoms with Gasteiger partial charge in [0.1, 0.15) is 5.82 Å². The molecule has 0 N–H and O–H groups in total.